The fraction of sp³-hybridized carbons (Fsp3) is 0.667. The maximum absolute atomic E-state index is 13.4. The van der Waals surface area contributed by atoms with E-state index in [1.54, 1.807) is 0 Å². The molecule has 0 bridgehead atoms. The maximum atomic E-state index is 13.4. The number of halogens is 4. The molecule has 0 spiro atoms. The van der Waals surface area contributed by atoms with Gasteiger partial charge in [-0.2, -0.15) is 13.2 Å². The molecule has 32 heavy (non-hydrogen) atoms. The van der Waals surface area contributed by atoms with Gasteiger partial charge in [0.2, 0.25) is 0 Å². The quantitative estimate of drug-likeness (QED) is 0.177. The third kappa shape index (κ3) is 11.5. The number of esters is 1. The molecule has 1 amide bonds. The molecule has 1 rings (SSSR count). The van der Waals surface area contributed by atoms with Gasteiger partial charge in [0.05, 0.1) is 12.2 Å². The summed E-state index contributed by atoms with van der Waals surface area (Å²) in [5.41, 5.74) is -1.78. The van der Waals surface area contributed by atoms with Crippen LogP contribution in [0.2, 0.25) is 0 Å². The van der Waals surface area contributed by atoms with Gasteiger partial charge >= 0.3 is 12.1 Å². The van der Waals surface area contributed by atoms with Gasteiger partial charge in [-0.3, -0.25) is 4.79 Å². The minimum Gasteiger partial charge on any atom is -0.464 e. The third-order valence-corrected chi connectivity index (χ3v) is 5.18. The van der Waals surface area contributed by atoms with Crippen molar-refractivity contribution in [2.75, 3.05) is 6.61 Å². The van der Waals surface area contributed by atoms with Crippen LogP contribution >= 0.6 is 0 Å². The number of amides is 1. The van der Waals surface area contributed by atoms with E-state index < -0.39 is 41.0 Å². The summed E-state index contributed by atoms with van der Waals surface area (Å²) in [6, 6.07) is 0.477. The van der Waals surface area contributed by atoms with Crippen molar-refractivity contribution in [2.24, 2.45) is 0 Å². The van der Waals surface area contributed by atoms with Crippen molar-refractivity contribution < 1.29 is 31.9 Å². The van der Waals surface area contributed by atoms with Crippen LogP contribution in [-0.2, 0) is 15.7 Å². The molecule has 0 aliphatic heterocycles. The van der Waals surface area contributed by atoms with Crippen LogP contribution in [0.3, 0.4) is 0 Å². The molecule has 0 saturated heterocycles. The molecule has 0 radical (unpaired) electrons. The lowest BCUT2D eigenvalue weighted by Crippen LogP contribution is -2.39. The van der Waals surface area contributed by atoms with E-state index in [1.165, 1.54) is 51.9 Å². The maximum Gasteiger partial charge on any atom is 0.416 e. The van der Waals surface area contributed by atoms with Gasteiger partial charge in [0.1, 0.15) is 11.9 Å². The zero-order valence-electron chi connectivity index (χ0n) is 19.0. The van der Waals surface area contributed by atoms with Crippen LogP contribution < -0.4 is 5.32 Å². The predicted molar refractivity (Wildman–Crippen MR) is 116 cm³/mol. The topological polar surface area (TPSA) is 55.4 Å². The second-order valence-corrected chi connectivity index (χ2v) is 8.12. The number of rotatable bonds is 15. The van der Waals surface area contributed by atoms with Crippen LogP contribution in [0.4, 0.5) is 17.6 Å². The number of hydrogen-bond donors (Lipinski definition) is 1. The van der Waals surface area contributed by atoms with Gasteiger partial charge in [0, 0.05) is 5.56 Å². The van der Waals surface area contributed by atoms with Crippen LogP contribution in [-0.4, -0.2) is 24.5 Å². The summed E-state index contributed by atoms with van der Waals surface area (Å²) in [5, 5.41) is 2.25. The van der Waals surface area contributed by atoms with Crippen LogP contribution in [0.15, 0.2) is 18.2 Å². The lowest BCUT2D eigenvalue weighted by Gasteiger charge is -2.14. The Bertz CT molecular complexity index is 707. The average molecular weight is 462 g/mol. The van der Waals surface area contributed by atoms with E-state index in [-0.39, 0.29) is 6.61 Å². The second kappa shape index (κ2) is 14.9. The molecular formula is C24H35F4NO3. The van der Waals surface area contributed by atoms with E-state index in [0.29, 0.717) is 24.6 Å². The van der Waals surface area contributed by atoms with E-state index in [1.807, 2.05) is 0 Å². The van der Waals surface area contributed by atoms with E-state index in [2.05, 4.69) is 12.2 Å². The number of ether oxygens (including phenoxy) is 1. The highest BCUT2D eigenvalue weighted by atomic mass is 19.4. The minimum atomic E-state index is -4.78. The lowest BCUT2D eigenvalue weighted by molar-refractivity contribution is -0.145. The lowest BCUT2D eigenvalue weighted by atomic mass is 10.1. The molecule has 0 saturated carbocycles. The second-order valence-electron chi connectivity index (χ2n) is 8.12. The normalized spacial score (nSPS) is 12.4. The van der Waals surface area contributed by atoms with Gasteiger partial charge in [-0.1, -0.05) is 71.1 Å². The number of nitrogens with one attached hydrogen (secondary N) is 1. The Hall–Kier alpha value is -2.12. The van der Waals surface area contributed by atoms with Gasteiger partial charge < -0.3 is 10.1 Å². The number of carbonyl (C=O) groups is 2. The first-order chi connectivity index (χ1) is 15.1. The summed E-state index contributed by atoms with van der Waals surface area (Å²) in [6.45, 7) is 3.79. The first-order valence-electron chi connectivity index (χ1n) is 11.5. The van der Waals surface area contributed by atoms with Crippen molar-refractivity contribution >= 4 is 11.9 Å². The molecular weight excluding hydrogens is 426 g/mol. The number of carbonyl (C=O) groups excluding carboxylic acids is 2. The molecule has 1 unspecified atom stereocenters. The summed E-state index contributed by atoms with van der Waals surface area (Å²) in [6.07, 6.45) is 8.04. The molecule has 0 heterocycles. The highest BCUT2D eigenvalue weighted by Gasteiger charge is 2.32. The Kier molecular flexibility index (Phi) is 13.0. The number of benzene rings is 1. The van der Waals surface area contributed by atoms with Gasteiger partial charge in [-0.25, -0.2) is 9.18 Å². The van der Waals surface area contributed by atoms with Gasteiger partial charge in [-0.15, -0.1) is 0 Å². The Morgan fingerprint density at radius 2 is 1.44 bits per heavy atom. The average Bonchev–Trinajstić information content (AvgIpc) is 2.73. The summed E-state index contributed by atoms with van der Waals surface area (Å²) < 4.78 is 56.9. The fourth-order valence-electron chi connectivity index (χ4n) is 3.29. The van der Waals surface area contributed by atoms with Gasteiger partial charge in [-0.05, 0) is 31.5 Å². The van der Waals surface area contributed by atoms with E-state index >= 15 is 0 Å². The largest absolute Gasteiger partial charge is 0.464 e. The van der Waals surface area contributed by atoms with E-state index in [4.69, 9.17) is 4.74 Å². The molecule has 8 heteroatoms. The molecule has 1 atom stereocenters. The standard InChI is InChI=1S/C24H35F4NO3/c1-3-4-5-6-7-8-9-10-11-12-13-14-32-23(31)18(2)29-22(30)19-15-20(24(26,27)28)17-21(25)16-19/h15-18H,3-14H2,1-2H3,(H,29,30). The molecule has 0 aliphatic rings. The summed E-state index contributed by atoms with van der Waals surface area (Å²) in [7, 11) is 0. The third-order valence-electron chi connectivity index (χ3n) is 5.18. The van der Waals surface area contributed by atoms with Crippen molar-refractivity contribution in [3.8, 4) is 0 Å². The monoisotopic (exact) mass is 461 g/mol. The van der Waals surface area contributed by atoms with Crippen molar-refractivity contribution in [3.05, 3.63) is 35.1 Å². The van der Waals surface area contributed by atoms with Crippen molar-refractivity contribution in [2.45, 2.75) is 96.7 Å². The van der Waals surface area contributed by atoms with E-state index in [0.717, 1.165) is 19.3 Å². The summed E-state index contributed by atoms with van der Waals surface area (Å²) in [4.78, 5) is 24.1. The fourth-order valence-corrected chi connectivity index (χ4v) is 3.29. The number of unbranched alkanes of at least 4 members (excludes halogenated alkanes) is 10. The Balaban J connectivity index is 2.23. The Morgan fingerprint density at radius 3 is 1.97 bits per heavy atom. The van der Waals surface area contributed by atoms with Gasteiger partial charge in [0.25, 0.3) is 5.91 Å². The minimum absolute atomic E-state index is 0.217. The summed E-state index contributed by atoms with van der Waals surface area (Å²) >= 11 is 0. The molecule has 1 N–H and O–H groups in total. The zero-order chi connectivity index (χ0) is 24.0. The van der Waals surface area contributed by atoms with E-state index in [9.17, 15) is 27.2 Å². The molecule has 1 aromatic carbocycles. The van der Waals surface area contributed by atoms with Crippen LogP contribution in [0.5, 0.6) is 0 Å². The molecule has 0 fully saturated rings. The first-order valence-corrected chi connectivity index (χ1v) is 11.5. The first kappa shape index (κ1) is 27.9. The smallest absolute Gasteiger partial charge is 0.416 e. The predicted octanol–water partition coefficient (Wildman–Crippen LogP) is 6.82. The SMILES string of the molecule is CCCCCCCCCCCCCOC(=O)C(C)NC(=O)c1cc(F)cc(C(F)(F)F)c1. The van der Waals surface area contributed by atoms with Gasteiger partial charge in [0.15, 0.2) is 0 Å². The van der Waals surface area contributed by atoms with Crippen LogP contribution in [0.1, 0.15) is 100 Å². The number of alkyl halides is 3. The molecule has 4 nitrogen and oxygen atoms in total. The Labute approximate surface area is 188 Å². The number of hydrogen-bond acceptors (Lipinski definition) is 3. The van der Waals surface area contributed by atoms with Crippen LogP contribution in [0, 0.1) is 5.82 Å². The molecule has 0 aromatic heterocycles. The highest BCUT2D eigenvalue weighted by Crippen LogP contribution is 2.30. The van der Waals surface area contributed by atoms with Crippen molar-refractivity contribution in [1.82, 2.24) is 5.32 Å². The Morgan fingerprint density at radius 1 is 0.906 bits per heavy atom. The van der Waals surface area contributed by atoms with Crippen LogP contribution in [0.25, 0.3) is 0 Å². The molecule has 1 aromatic rings. The summed E-state index contributed by atoms with van der Waals surface area (Å²) in [5.74, 6) is -2.84. The van der Waals surface area contributed by atoms with Crippen molar-refractivity contribution in [1.29, 1.82) is 0 Å². The van der Waals surface area contributed by atoms with Crippen molar-refractivity contribution in [3.63, 3.8) is 0 Å². The molecule has 0 aliphatic carbocycles. The zero-order valence-corrected chi connectivity index (χ0v) is 19.0. The molecule has 182 valence electrons. The highest BCUT2D eigenvalue weighted by molar-refractivity contribution is 5.96.